The summed E-state index contributed by atoms with van der Waals surface area (Å²) in [6.07, 6.45) is 4.83. The molecule has 0 aliphatic heterocycles. The third-order valence-corrected chi connectivity index (χ3v) is 6.86. The van der Waals surface area contributed by atoms with E-state index in [1.54, 1.807) is 11.8 Å². The number of benzene rings is 1. The molecule has 0 atom stereocenters. The normalized spacial score (nSPS) is 13.8. The first-order chi connectivity index (χ1) is 13.3. The molecule has 136 valence electrons. The summed E-state index contributed by atoms with van der Waals surface area (Å²) in [4.78, 5) is 12.0. The van der Waals surface area contributed by atoms with E-state index in [4.69, 9.17) is 9.40 Å². The summed E-state index contributed by atoms with van der Waals surface area (Å²) in [6, 6.07) is 9.85. The zero-order chi connectivity index (χ0) is 18.2. The number of aryl methyl sites for hydroxylation is 3. The van der Waals surface area contributed by atoms with Crippen LogP contribution in [-0.2, 0) is 18.6 Å². The molecule has 0 radical (unpaired) electrons. The van der Waals surface area contributed by atoms with E-state index in [2.05, 4.69) is 15.2 Å². The first-order valence-corrected chi connectivity index (χ1v) is 10.9. The maximum Gasteiger partial charge on any atom is 0.247 e. The molecule has 1 aliphatic carbocycles. The number of thioether (sulfide) groups is 1. The van der Waals surface area contributed by atoms with Gasteiger partial charge in [-0.25, -0.2) is 9.97 Å². The van der Waals surface area contributed by atoms with E-state index < -0.39 is 0 Å². The first-order valence-electron chi connectivity index (χ1n) is 9.07. The summed E-state index contributed by atoms with van der Waals surface area (Å²) in [5, 5.41) is 10.7. The molecule has 5 rings (SSSR count). The summed E-state index contributed by atoms with van der Waals surface area (Å²) in [7, 11) is 0. The smallest absolute Gasteiger partial charge is 0.247 e. The fourth-order valence-corrected chi connectivity index (χ4v) is 5.78. The molecule has 1 aromatic carbocycles. The van der Waals surface area contributed by atoms with Gasteiger partial charge in [0, 0.05) is 15.8 Å². The Labute approximate surface area is 165 Å². The number of aromatic nitrogens is 4. The van der Waals surface area contributed by atoms with Gasteiger partial charge < -0.3 is 4.42 Å². The predicted octanol–water partition coefficient (Wildman–Crippen LogP) is 5.22. The van der Waals surface area contributed by atoms with Crippen LogP contribution in [0, 0.1) is 6.92 Å². The van der Waals surface area contributed by atoms with E-state index in [9.17, 15) is 0 Å². The van der Waals surface area contributed by atoms with Gasteiger partial charge in [-0.15, -0.1) is 21.5 Å². The number of nitrogens with zero attached hydrogens (tertiary/aromatic N) is 4. The van der Waals surface area contributed by atoms with Crippen LogP contribution in [0.1, 0.15) is 35.0 Å². The lowest BCUT2D eigenvalue weighted by molar-refractivity contribution is 0.528. The van der Waals surface area contributed by atoms with Gasteiger partial charge in [-0.3, -0.25) is 0 Å². The Morgan fingerprint density at radius 1 is 1.07 bits per heavy atom. The van der Waals surface area contributed by atoms with Crippen molar-refractivity contribution in [1.29, 1.82) is 0 Å². The Morgan fingerprint density at radius 2 is 1.93 bits per heavy atom. The fraction of sp³-hybridized carbons (Fsp3) is 0.300. The number of fused-ring (bicyclic) bond motifs is 3. The molecule has 3 heterocycles. The molecule has 4 aromatic rings. The van der Waals surface area contributed by atoms with E-state index in [1.165, 1.54) is 35.1 Å². The van der Waals surface area contributed by atoms with Gasteiger partial charge in [-0.05, 0) is 50.3 Å². The third kappa shape index (κ3) is 3.26. The zero-order valence-corrected chi connectivity index (χ0v) is 16.6. The van der Waals surface area contributed by atoms with Crippen molar-refractivity contribution < 1.29 is 4.42 Å². The van der Waals surface area contributed by atoms with E-state index in [-0.39, 0.29) is 0 Å². The maximum absolute atomic E-state index is 5.84. The Kier molecular flexibility index (Phi) is 4.41. The number of hydrogen-bond donors (Lipinski definition) is 0. The number of hydrogen-bond acceptors (Lipinski definition) is 7. The van der Waals surface area contributed by atoms with Gasteiger partial charge in [0.1, 0.15) is 15.7 Å². The van der Waals surface area contributed by atoms with E-state index in [0.29, 0.717) is 17.5 Å². The average molecular weight is 395 g/mol. The van der Waals surface area contributed by atoms with Crippen LogP contribution in [0.4, 0.5) is 0 Å². The van der Waals surface area contributed by atoms with Crippen molar-refractivity contribution in [2.45, 2.75) is 43.4 Å². The minimum atomic E-state index is 0.558. The van der Waals surface area contributed by atoms with Crippen molar-refractivity contribution in [1.82, 2.24) is 20.2 Å². The Hall–Kier alpha value is -2.25. The highest BCUT2D eigenvalue weighted by Gasteiger charge is 2.21. The lowest BCUT2D eigenvalue weighted by Crippen LogP contribution is -1.99. The zero-order valence-electron chi connectivity index (χ0n) is 14.9. The molecule has 0 spiro atoms. The summed E-state index contributed by atoms with van der Waals surface area (Å²) < 4.78 is 5.84. The van der Waals surface area contributed by atoms with Gasteiger partial charge in [0.2, 0.25) is 11.8 Å². The highest BCUT2D eigenvalue weighted by molar-refractivity contribution is 7.98. The lowest BCUT2D eigenvalue weighted by atomic mass is 9.97. The summed E-state index contributed by atoms with van der Waals surface area (Å²) in [6.45, 7) is 1.96. The number of rotatable bonds is 4. The van der Waals surface area contributed by atoms with Gasteiger partial charge in [0.15, 0.2) is 0 Å². The molecular weight excluding hydrogens is 376 g/mol. The molecule has 0 N–H and O–H groups in total. The van der Waals surface area contributed by atoms with Crippen LogP contribution in [0.2, 0.25) is 0 Å². The van der Waals surface area contributed by atoms with Crippen LogP contribution in [0.15, 0.2) is 39.8 Å². The van der Waals surface area contributed by atoms with Crippen molar-refractivity contribution in [2.24, 2.45) is 0 Å². The molecule has 0 amide bonds. The predicted molar refractivity (Wildman–Crippen MR) is 108 cm³/mol. The molecule has 0 saturated heterocycles. The Balaban J connectivity index is 1.44. The second kappa shape index (κ2) is 7.05. The second-order valence-corrected chi connectivity index (χ2v) is 8.67. The fourth-order valence-electron chi connectivity index (χ4n) is 3.47. The summed E-state index contributed by atoms with van der Waals surface area (Å²) in [5.74, 6) is 2.60. The van der Waals surface area contributed by atoms with E-state index in [1.807, 2.05) is 48.6 Å². The molecule has 3 aromatic heterocycles. The van der Waals surface area contributed by atoms with Crippen molar-refractivity contribution >= 4 is 33.3 Å². The molecule has 0 unspecified atom stereocenters. The largest absolute Gasteiger partial charge is 0.420 e. The topological polar surface area (TPSA) is 64.7 Å². The minimum absolute atomic E-state index is 0.558. The average Bonchev–Trinajstić information content (AvgIpc) is 3.31. The van der Waals surface area contributed by atoms with Gasteiger partial charge in [0.25, 0.3) is 0 Å². The van der Waals surface area contributed by atoms with E-state index >= 15 is 0 Å². The molecular formula is C20H18N4OS2. The monoisotopic (exact) mass is 394 g/mol. The molecule has 0 saturated carbocycles. The van der Waals surface area contributed by atoms with Gasteiger partial charge >= 0.3 is 0 Å². The molecule has 0 bridgehead atoms. The van der Waals surface area contributed by atoms with Crippen molar-refractivity contribution in [3.05, 3.63) is 52.5 Å². The van der Waals surface area contributed by atoms with Crippen LogP contribution < -0.4 is 0 Å². The summed E-state index contributed by atoms with van der Waals surface area (Å²) >= 11 is 3.50. The van der Waals surface area contributed by atoms with Gasteiger partial charge in [0.05, 0.1) is 5.75 Å². The van der Waals surface area contributed by atoms with Crippen molar-refractivity contribution in [3.8, 4) is 11.5 Å². The highest BCUT2D eigenvalue weighted by atomic mass is 32.2. The lowest BCUT2D eigenvalue weighted by Gasteiger charge is -2.11. The van der Waals surface area contributed by atoms with Crippen LogP contribution in [0.5, 0.6) is 0 Å². The Morgan fingerprint density at radius 3 is 2.81 bits per heavy atom. The standard InChI is InChI=1S/C20H18N4OS2/c1-12-21-19(17-14-9-5-6-10-15(14)27-20(17)22-12)26-11-16-23-24-18(25-16)13-7-3-2-4-8-13/h2-4,7-8H,5-6,9-11H2,1H3. The first kappa shape index (κ1) is 16.9. The van der Waals surface area contributed by atoms with Crippen LogP contribution in [0.25, 0.3) is 21.7 Å². The number of thiophene rings is 1. The molecule has 5 nitrogen and oxygen atoms in total. The maximum atomic E-state index is 5.84. The van der Waals surface area contributed by atoms with Crippen LogP contribution in [0.3, 0.4) is 0 Å². The van der Waals surface area contributed by atoms with Crippen molar-refractivity contribution in [3.63, 3.8) is 0 Å². The van der Waals surface area contributed by atoms with Crippen LogP contribution >= 0.6 is 23.1 Å². The third-order valence-electron chi connectivity index (χ3n) is 4.71. The minimum Gasteiger partial charge on any atom is -0.420 e. The van der Waals surface area contributed by atoms with Gasteiger partial charge in [-0.1, -0.05) is 30.0 Å². The second-order valence-electron chi connectivity index (χ2n) is 6.62. The highest BCUT2D eigenvalue weighted by Crippen LogP contribution is 2.40. The molecule has 7 heteroatoms. The Bertz CT molecular complexity index is 1100. The van der Waals surface area contributed by atoms with Crippen LogP contribution in [-0.4, -0.2) is 20.2 Å². The molecule has 27 heavy (non-hydrogen) atoms. The SMILES string of the molecule is Cc1nc(SCc2nnc(-c3ccccc3)o2)c2c3c(sc2n1)CCCC3. The summed E-state index contributed by atoms with van der Waals surface area (Å²) in [5.41, 5.74) is 2.40. The van der Waals surface area contributed by atoms with Gasteiger partial charge in [-0.2, -0.15) is 0 Å². The molecule has 0 fully saturated rings. The van der Waals surface area contributed by atoms with E-state index in [0.717, 1.165) is 27.7 Å². The quantitative estimate of drug-likeness (QED) is 0.349. The van der Waals surface area contributed by atoms with Crippen molar-refractivity contribution in [2.75, 3.05) is 0 Å². The molecule has 1 aliphatic rings.